The lowest BCUT2D eigenvalue weighted by atomic mass is 9.90. The van der Waals surface area contributed by atoms with E-state index in [1.807, 2.05) is 12.1 Å². The van der Waals surface area contributed by atoms with Gasteiger partial charge in [-0.2, -0.15) is 5.10 Å². The summed E-state index contributed by atoms with van der Waals surface area (Å²) in [5.41, 5.74) is 7.37. The molecule has 5 nitrogen and oxygen atoms in total. The van der Waals surface area contributed by atoms with Gasteiger partial charge >= 0.3 is 0 Å². The van der Waals surface area contributed by atoms with Crippen LogP contribution in [-0.2, 0) is 6.42 Å². The maximum atomic E-state index is 10.6. The molecule has 1 N–H and O–H groups in total. The highest BCUT2D eigenvalue weighted by atomic mass is 16.6. The van der Waals surface area contributed by atoms with Gasteiger partial charge in [0.2, 0.25) is 0 Å². The van der Waals surface area contributed by atoms with Gasteiger partial charge in [-0.05, 0) is 37.0 Å². The largest absolute Gasteiger partial charge is 0.278 e. The maximum absolute atomic E-state index is 10.6. The molecular formula is C16H15N3O2. The van der Waals surface area contributed by atoms with Gasteiger partial charge in [0.1, 0.15) is 0 Å². The van der Waals surface area contributed by atoms with Crippen LogP contribution in [0.2, 0.25) is 0 Å². The van der Waals surface area contributed by atoms with Crippen LogP contribution in [0.4, 0.5) is 11.4 Å². The Kier molecular flexibility index (Phi) is 3.64. The monoisotopic (exact) mass is 281 g/mol. The van der Waals surface area contributed by atoms with Gasteiger partial charge in [0.15, 0.2) is 0 Å². The van der Waals surface area contributed by atoms with E-state index in [-0.39, 0.29) is 5.69 Å². The van der Waals surface area contributed by atoms with Gasteiger partial charge in [-0.25, -0.2) is 0 Å². The number of hydrogen-bond acceptors (Lipinski definition) is 4. The summed E-state index contributed by atoms with van der Waals surface area (Å²) in [4.78, 5) is 10.2. The van der Waals surface area contributed by atoms with Gasteiger partial charge in [-0.3, -0.25) is 15.5 Å². The number of aryl methyl sites for hydroxylation is 1. The number of rotatable bonds is 3. The molecule has 0 amide bonds. The molecule has 0 radical (unpaired) electrons. The molecule has 0 fully saturated rings. The number of nitro benzene ring substituents is 1. The van der Waals surface area contributed by atoms with E-state index in [4.69, 9.17) is 0 Å². The first-order valence-electron chi connectivity index (χ1n) is 6.89. The van der Waals surface area contributed by atoms with Gasteiger partial charge < -0.3 is 0 Å². The summed E-state index contributed by atoms with van der Waals surface area (Å²) in [6.45, 7) is 0. The maximum Gasteiger partial charge on any atom is 0.269 e. The molecule has 1 aliphatic rings. The van der Waals surface area contributed by atoms with E-state index >= 15 is 0 Å². The SMILES string of the molecule is O=[N+]([O-])c1ccc(N/N=C2\CCCc3ccccc32)cc1. The van der Waals surface area contributed by atoms with Crippen molar-refractivity contribution in [2.45, 2.75) is 19.3 Å². The number of hydrazone groups is 1. The Morgan fingerprint density at radius 3 is 2.57 bits per heavy atom. The van der Waals surface area contributed by atoms with Crippen molar-refractivity contribution in [1.82, 2.24) is 0 Å². The van der Waals surface area contributed by atoms with Crippen molar-refractivity contribution in [2.24, 2.45) is 5.10 Å². The third-order valence-electron chi connectivity index (χ3n) is 3.59. The Hall–Kier alpha value is -2.69. The van der Waals surface area contributed by atoms with Crippen LogP contribution >= 0.6 is 0 Å². The van der Waals surface area contributed by atoms with Crippen LogP contribution in [0.3, 0.4) is 0 Å². The zero-order chi connectivity index (χ0) is 14.7. The number of benzene rings is 2. The molecule has 0 aliphatic heterocycles. The molecule has 106 valence electrons. The highest BCUT2D eigenvalue weighted by Crippen LogP contribution is 2.22. The molecule has 2 aromatic carbocycles. The minimum absolute atomic E-state index is 0.0798. The third kappa shape index (κ3) is 2.91. The van der Waals surface area contributed by atoms with Crippen LogP contribution in [0, 0.1) is 10.1 Å². The summed E-state index contributed by atoms with van der Waals surface area (Å²) in [5, 5.41) is 15.1. The first-order valence-corrected chi connectivity index (χ1v) is 6.89. The molecule has 0 unspecified atom stereocenters. The average molecular weight is 281 g/mol. The van der Waals surface area contributed by atoms with Crippen LogP contribution in [0.5, 0.6) is 0 Å². The quantitative estimate of drug-likeness (QED) is 0.688. The summed E-state index contributed by atoms with van der Waals surface area (Å²) >= 11 is 0. The first kappa shape index (κ1) is 13.3. The van der Waals surface area contributed by atoms with E-state index in [0.29, 0.717) is 0 Å². The van der Waals surface area contributed by atoms with Crippen molar-refractivity contribution in [3.8, 4) is 0 Å². The molecule has 0 heterocycles. The molecule has 0 saturated carbocycles. The normalized spacial score (nSPS) is 15.5. The number of fused-ring (bicyclic) bond motifs is 1. The molecule has 0 bridgehead atoms. The number of nitro groups is 1. The predicted molar refractivity (Wildman–Crippen MR) is 82.6 cm³/mol. The number of non-ortho nitro benzene ring substituents is 1. The van der Waals surface area contributed by atoms with E-state index in [1.165, 1.54) is 23.3 Å². The van der Waals surface area contributed by atoms with Crippen molar-refractivity contribution in [2.75, 3.05) is 5.43 Å². The smallest absolute Gasteiger partial charge is 0.269 e. The van der Waals surface area contributed by atoms with Crippen molar-refractivity contribution < 1.29 is 4.92 Å². The summed E-state index contributed by atoms with van der Waals surface area (Å²) in [6, 6.07) is 14.6. The van der Waals surface area contributed by atoms with E-state index in [9.17, 15) is 10.1 Å². The lowest BCUT2D eigenvalue weighted by Crippen LogP contribution is -2.13. The highest BCUT2D eigenvalue weighted by molar-refractivity contribution is 6.03. The van der Waals surface area contributed by atoms with E-state index in [1.54, 1.807) is 12.1 Å². The predicted octanol–water partition coefficient (Wildman–Crippen LogP) is 3.75. The molecule has 0 saturated heterocycles. The van der Waals surface area contributed by atoms with Gasteiger partial charge in [-0.1, -0.05) is 24.3 Å². The molecule has 0 aromatic heterocycles. The fourth-order valence-corrected chi connectivity index (χ4v) is 2.51. The second-order valence-electron chi connectivity index (χ2n) is 4.98. The van der Waals surface area contributed by atoms with E-state index in [2.05, 4.69) is 22.7 Å². The number of anilines is 1. The number of nitrogens with one attached hydrogen (secondary N) is 1. The average Bonchev–Trinajstić information content (AvgIpc) is 2.53. The summed E-state index contributed by atoms with van der Waals surface area (Å²) in [6.07, 6.45) is 3.13. The van der Waals surface area contributed by atoms with Crippen LogP contribution in [-0.4, -0.2) is 10.6 Å². The Morgan fingerprint density at radius 1 is 1.05 bits per heavy atom. The standard InChI is InChI=1S/C16H15N3O2/c20-19(21)14-10-8-13(9-11-14)17-18-16-7-3-5-12-4-1-2-6-15(12)16/h1-2,4,6,8-11,17H,3,5,7H2/b18-16+. The third-order valence-corrected chi connectivity index (χ3v) is 3.59. The van der Waals surface area contributed by atoms with Gasteiger partial charge in [0, 0.05) is 17.7 Å². The molecule has 0 spiro atoms. The Bertz CT molecular complexity index is 693. The lowest BCUT2D eigenvalue weighted by Gasteiger charge is -2.17. The van der Waals surface area contributed by atoms with Crippen LogP contribution in [0.25, 0.3) is 0 Å². The van der Waals surface area contributed by atoms with Crippen molar-refractivity contribution in [3.63, 3.8) is 0 Å². The molecule has 2 aromatic rings. The fourth-order valence-electron chi connectivity index (χ4n) is 2.51. The fraction of sp³-hybridized carbons (Fsp3) is 0.188. The van der Waals surface area contributed by atoms with Crippen LogP contribution in [0.15, 0.2) is 53.6 Å². The molecule has 5 heteroatoms. The van der Waals surface area contributed by atoms with Gasteiger partial charge in [0.05, 0.1) is 16.3 Å². The minimum Gasteiger partial charge on any atom is -0.278 e. The zero-order valence-electron chi connectivity index (χ0n) is 11.5. The first-order chi connectivity index (χ1) is 10.2. The second-order valence-corrected chi connectivity index (χ2v) is 4.98. The summed E-state index contributed by atoms with van der Waals surface area (Å²) in [5.74, 6) is 0. The van der Waals surface area contributed by atoms with Gasteiger partial charge in [0.25, 0.3) is 5.69 Å². The minimum atomic E-state index is -0.410. The van der Waals surface area contributed by atoms with Gasteiger partial charge in [-0.15, -0.1) is 0 Å². The molecule has 1 aliphatic carbocycles. The van der Waals surface area contributed by atoms with Crippen molar-refractivity contribution >= 4 is 17.1 Å². The Morgan fingerprint density at radius 2 is 1.81 bits per heavy atom. The molecule has 21 heavy (non-hydrogen) atoms. The van der Waals surface area contributed by atoms with Crippen molar-refractivity contribution in [1.29, 1.82) is 0 Å². The zero-order valence-corrected chi connectivity index (χ0v) is 11.5. The topological polar surface area (TPSA) is 67.5 Å². The lowest BCUT2D eigenvalue weighted by molar-refractivity contribution is -0.384. The Labute approximate surface area is 122 Å². The van der Waals surface area contributed by atoms with E-state index < -0.39 is 4.92 Å². The molecule has 3 rings (SSSR count). The molecular weight excluding hydrogens is 266 g/mol. The second kappa shape index (κ2) is 5.75. The number of nitrogens with zero attached hydrogens (tertiary/aromatic N) is 2. The highest BCUT2D eigenvalue weighted by Gasteiger charge is 2.14. The van der Waals surface area contributed by atoms with Crippen LogP contribution < -0.4 is 5.43 Å². The molecule has 0 atom stereocenters. The van der Waals surface area contributed by atoms with E-state index in [0.717, 1.165) is 30.7 Å². The summed E-state index contributed by atoms with van der Waals surface area (Å²) < 4.78 is 0. The van der Waals surface area contributed by atoms with Crippen LogP contribution in [0.1, 0.15) is 24.0 Å². The van der Waals surface area contributed by atoms with Crippen molar-refractivity contribution in [3.05, 3.63) is 69.8 Å². The Balaban J connectivity index is 1.79. The number of hydrogen-bond donors (Lipinski definition) is 1. The summed E-state index contributed by atoms with van der Waals surface area (Å²) in [7, 11) is 0.